The van der Waals surface area contributed by atoms with Crippen LogP contribution in [0.15, 0.2) is 40.2 Å². The highest BCUT2D eigenvalue weighted by Crippen LogP contribution is 2.22. The third-order valence-corrected chi connectivity index (χ3v) is 4.94. The van der Waals surface area contributed by atoms with Crippen LogP contribution in [-0.4, -0.2) is 31.4 Å². The molecule has 1 amide bonds. The molecule has 1 aromatic carbocycles. The molecule has 1 heterocycles. The first-order valence-corrected chi connectivity index (χ1v) is 8.50. The lowest BCUT2D eigenvalue weighted by Gasteiger charge is -2.18. The Bertz CT molecular complexity index is 612. The molecule has 2 aromatic rings. The number of nitrogens with zero attached hydrogens (tertiary/aromatic N) is 1. The Morgan fingerprint density at radius 3 is 2.81 bits per heavy atom. The fourth-order valence-corrected chi connectivity index (χ4v) is 3.66. The summed E-state index contributed by atoms with van der Waals surface area (Å²) in [6.07, 6.45) is 0.858. The molecule has 1 N–H and O–H groups in total. The zero-order valence-electron chi connectivity index (χ0n) is 12.2. The monoisotopic (exact) mass is 366 g/mol. The molecule has 112 valence electrons. The van der Waals surface area contributed by atoms with Gasteiger partial charge in [0.25, 0.3) is 5.91 Å². The number of amides is 1. The Balaban J connectivity index is 2.11. The molecular formula is C16H19BrN2OS. The summed E-state index contributed by atoms with van der Waals surface area (Å²) in [7, 11) is 3.77. The summed E-state index contributed by atoms with van der Waals surface area (Å²) in [6, 6.07) is 9.90. The van der Waals surface area contributed by atoms with Crippen LogP contribution < -0.4 is 5.32 Å². The van der Waals surface area contributed by atoms with Crippen LogP contribution in [0, 0.1) is 0 Å². The van der Waals surface area contributed by atoms with Crippen LogP contribution in [0.3, 0.4) is 0 Å². The molecule has 0 unspecified atom stereocenters. The van der Waals surface area contributed by atoms with Gasteiger partial charge in [-0.05, 0) is 53.6 Å². The maximum Gasteiger partial charge on any atom is 0.254 e. The maximum absolute atomic E-state index is 12.6. The van der Waals surface area contributed by atoms with Gasteiger partial charge in [-0.1, -0.05) is 18.2 Å². The van der Waals surface area contributed by atoms with Gasteiger partial charge in [-0.2, -0.15) is 0 Å². The molecule has 0 aliphatic carbocycles. The third kappa shape index (κ3) is 4.40. The van der Waals surface area contributed by atoms with E-state index in [-0.39, 0.29) is 5.91 Å². The van der Waals surface area contributed by atoms with Crippen LogP contribution in [-0.2, 0) is 13.0 Å². The van der Waals surface area contributed by atoms with E-state index < -0.39 is 0 Å². The third-order valence-electron chi connectivity index (χ3n) is 3.25. The average molecular weight is 367 g/mol. The van der Waals surface area contributed by atoms with Crippen molar-refractivity contribution in [2.75, 3.05) is 20.6 Å². The van der Waals surface area contributed by atoms with E-state index >= 15 is 0 Å². The van der Waals surface area contributed by atoms with Gasteiger partial charge in [-0.25, -0.2) is 0 Å². The second-order valence-corrected chi connectivity index (χ2v) is 6.81. The molecule has 1 aromatic heterocycles. The normalized spacial score (nSPS) is 10.6. The highest BCUT2D eigenvalue weighted by atomic mass is 79.9. The first-order valence-electron chi connectivity index (χ1n) is 6.82. The minimum absolute atomic E-state index is 0.0752. The van der Waals surface area contributed by atoms with E-state index in [1.165, 1.54) is 4.88 Å². The zero-order chi connectivity index (χ0) is 15.2. The number of nitrogens with one attached hydrogen (secondary N) is 1. The number of halogens is 1. The molecule has 2 rings (SSSR count). The van der Waals surface area contributed by atoms with Crippen molar-refractivity contribution in [3.8, 4) is 0 Å². The van der Waals surface area contributed by atoms with Crippen molar-refractivity contribution < 1.29 is 4.79 Å². The standard InChI is InChI=1S/C16H19BrN2OS/c1-18-8-7-12-5-3-4-6-15(12)16(20)19(2)10-14-9-13(17)11-21-14/h3-6,9,11,18H,7-8,10H2,1-2H3. The topological polar surface area (TPSA) is 32.3 Å². The smallest absolute Gasteiger partial charge is 0.254 e. The van der Waals surface area contributed by atoms with Gasteiger partial charge in [-0.15, -0.1) is 11.3 Å². The van der Waals surface area contributed by atoms with Crippen molar-refractivity contribution in [2.45, 2.75) is 13.0 Å². The van der Waals surface area contributed by atoms with E-state index in [0.717, 1.165) is 28.6 Å². The number of rotatable bonds is 6. The van der Waals surface area contributed by atoms with Gasteiger partial charge in [0, 0.05) is 27.3 Å². The molecule has 0 radical (unpaired) electrons. The lowest BCUT2D eigenvalue weighted by atomic mass is 10.0. The number of benzene rings is 1. The lowest BCUT2D eigenvalue weighted by Crippen LogP contribution is -2.27. The SMILES string of the molecule is CNCCc1ccccc1C(=O)N(C)Cc1cc(Br)cs1. The summed E-state index contributed by atoms with van der Waals surface area (Å²) in [6.45, 7) is 1.50. The van der Waals surface area contributed by atoms with E-state index in [1.54, 1.807) is 16.2 Å². The van der Waals surface area contributed by atoms with Crippen molar-refractivity contribution in [3.05, 3.63) is 56.2 Å². The van der Waals surface area contributed by atoms with Gasteiger partial charge >= 0.3 is 0 Å². The molecule has 5 heteroatoms. The molecule has 21 heavy (non-hydrogen) atoms. The quantitative estimate of drug-likeness (QED) is 0.847. The van der Waals surface area contributed by atoms with Gasteiger partial charge in [0.15, 0.2) is 0 Å². The predicted molar refractivity (Wildman–Crippen MR) is 91.9 cm³/mol. The van der Waals surface area contributed by atoms with Crippen molar-refractivity contribution in [1.29, 1.82) is 0 Å². The fourth-order valence-electron chi connectivity index (χ4n) is 2.15. The van der Waals surface area contributed by atoms with E-state index in [9.17, 15) is 4.79 Å². The number of carbonyl (C=O) groups is 1. The predicted octanol–water partition coefficient (Wildman–Crippen LogP) is 3.54. The number of hydrogen-bond donors (Lipinski definition) is 1. The van der Waals surface area contributed by atoms with Crippen LogP contribution in [0.1, 0.15) is 20.8 Å². The molecule has 0 aliphatic heterocycles. The van der Waals surface area contributed by atoms with E-state index in [2.05, 4.69) is 27.3 Å². The van der Waals surface area contributed by atoms with Crippen molar-refractivity contribution >= 4 is 33.2 Å². The van der Waals surface area contributed by atoms with Gasteiger partial charge < -0.3 is 10.2 Å². The lowest BCUT2D eigenvalue weighted by molar-refractivity contribution is 0.0785. The van der Waals surface area contributed by atoms with Crippen LogP contribution in [0.25, 0.3) is 0 Å². The van der Waals surface area contributed by atoms with Gasteiger partial charge in [-0.3, -0.25) is 4.79 Å². The number of likely N-dealkylation sites (N-methyl/N-ethyl adjacent to an activating group) is 1. The van der Waals surface area contributed by atoms with E-state index in [1.807, 2.05) is 43.7 Å². The highest BCUT2D eigenvalue weighted by molar-refractivity contribution is 9.10. The maximum atomic E-state index is 12.6. The van der Waals surface area contributed by atoms with E-state index in [0.29, 0.717) is 6.54 Å². The summed E-state index contributed by atoms with van der Waals surface area (Å²) in [4.78, 5) is 15.6. The molecule has 0 atom stereocenters. The van der Waals surface area contributed by atoms with Crippen molar-refractivity contribution in [3.63, 3.8) is 0 Å². The summed E-state index contributed by atoms with van der Waals surface area (Å²) in [5.74, 6) is 0.0752. The molecule has 0 fully saturated rings. The fraction of sp³-hybridized carbons (Fsp3) is 0.312. The number of thiophene rings is 1. The van der Waals surface area contributed by atoms with Gasteiger partial charge in [0.05, 0.1) is 6.54 Å². The zero-order valence-corrected chi connectivity index (χ0v) is 14.6. The molecule has 0 saturated heterocycles. The number of hydrogen-bond acceptors (Lipinski definition) is 3. The summed E-state index contributed by atoms with van der Waals surface area (Å²) < 4.78 is 1.07. The molecule has 3 nitrogen and oxygen atoms in total. The van der Waals surface area contributed by atoms with Crippen molar-refractivity contribution in [2.24, 2.45) is 0 Å². The Kier molecular flexibility index (Phi) is 5.96. The second kappa shape index (κ2) is 7.73. The van der Waals surface area contributed by atoms with Crippen LogP contribution in [0.5, 0.6) is 0 Å². The average Bonchev–Trinajstić information content (AvgIpc) is 2.89. The second-order valence-electron chi connectivity index (χ2n) is 4.90. The van der Waals surface area contributed by atoms with Gasteiger partial charge in [0.2, 0.25) is 0 Å². The Morgan fingerprint density at radius 1 is 1.38 bits per heavy atom. The summed E-state index contributed by atoms with van der Waals surface area (Å²) in [5.41, 5.74) is 1.89. The summed E-state index contributed by atoms with van der Waals surface area (Å²) in [5, 5.41) is 5.16. The van der Waals surface area contributed by atoms with Gasteiger partial charge in [0.1, 0.15) is 0 Å². The Hall–Kier alpha value is -1.17. The molecule has 0 bridgehead atoms. The minimum Gasteiger partial charge on any atom is -0.337 e. The Labute approximate surface area is 138 Å². The largest absolute Gasteiger partial charge is 0.337 e. The first-order chi connectivity index (χ1) is 10.1. The molecule has 0 spiro atoms. The van der Waals surface area contributed by atoms with Crippen molar-refractivity contribution in [1.82, 2.24) is 10.2 Å². The first kappa shape index (κ1) is 16.2. The summed E-state index contributed by atoms with van der Waals surface area (Å²) >= 11 is 5.10. The van der Waals surface area contributed by atoms with Crippen LogP contribution in [0.2, 0.25) is 0 Å². The molecular weight excluding hydrogens is 348 g/mol. The molecule has 0 saturated carbocycles. The highest BCUT2D eigenvalue weighted by Gasteiger charge is 2.16. The minimum atomic E-state index is 0.0752. The van der Waals surface area contributed by atoms with Crippen LogP contribution in [0.4, 0.5) is 0 Å². The van der Waals surface area contributed by atoms with Crippen LogP contribution >= 0.6 is 27.3 Å². The Morgan fingerprint density at radius 2 is 2.14 bits per heavy atom. The molecule has 0 aliphatic rings. The number of carbonyl (C=O) groups excluding carboxylic acids is 1. The van der Waals surface area contributed by atoms with E-state index in [4.69, 9.17) is 0 Å².